The maximum Gasteiger partial charge on any atom is 0.311 e. The fourth-order valence-electron chi connectivity index (χ4n) is 2.46. The smallest absolute Gasteiger partial charge is 0.311 e. The van der Waals surface area contributed by atoms with Gasteiger partial charge in [0, 0.05) is 6.42 Å². The molecule has 1 atom stereocenters. The van der Waals surface area contributed by atoms with Crippen molar-refractivity contribution in [1.82, 2.24) is 0 Å². The van der Waals surface area contributed by atoms with Gasteiger partial charge in [0.2, 0.25) is 0 Å². The van der Waals surface area contributed by atoms with Gasteiger partial charge in [-0.1, -0.05) is 32.9 Å². The van der Waals surface area contributed by atoms with Gasteiger partial charge in [0.1, 0.15) is 5.75 Å². The minimum Gasteiger partial charge on any atom is -0.427 e. The molecule has 1 aliphatic heterocycles. The summed E-state index contributed by atoms with van der Waals surface area (Å²) >= 11 is 0. The summed E-state index contributed by atoms with van der Waals surface area (Å²) in [6, 6.07) is 7.46. The van der Waals surface area contributed by atoms with Crippen LogP contribution in [0.5, 0.6) is 5.75 Å². The van der Waals surface area contributed by atoms with Crippen molar-refractivity contribution in [2.24, 2.45) is 5.92 Å². The number of hydrogen-bond donors (Lipinski definition) is 0. The molecule has 1 heterocycles. The second-order valence-electron chi connectivity index (χ2n) is 6.72. The van der Waals surface area contributed by atoms with Crippen LogP contribution in [-0.2, 0) is 20.0 Å². The lowest BCUT2D eigenvalue weighted by atomic mass is 9.87. The zero-order valence-electron chi connectivity index (χ0n) is 12.8. The van der Waals surface area contributed by atoms with E-state index in [4.69, 9.17) is 4.74 Å². The summed E-state index contributed by atoms with van der Waals surface area (Å²) in [6.45, 7) is 6.36. The highest BCUT2D eigenvalue weighted by molar-refractivity contribution is 7.91. The van der Waals surface area contributed by atoms with Gasteiger partial charge in [0.15, 0.2) is 9.84 Å². The number of rotatable bonds is 3. The number of carbonyl (C=O) groups excluding carboxylic acids is 1. The van der Waals surface area contributed by atoms with E-state index < -0.39 is 9.84 Å². The molecule has 0 aliphatic carbocycles. The van der Waals surface area contributed by atoms with Crippen LogP contribution in [0.15, 0.2) is 24.3 Å². The van der Waals surface area contributed by atoms with Crippen LogP contribution in [0, 0.1) is 5.92 Å². The number of benzene rings is 1. The van der Waals surface area contributed by atoms with E-state index in [1.807, 2.05) is 12.1 Å². The average Bonchev–Trinajstić information content (AvgIpc) is 2.68. The van der Waals surface area contributed by atoms with E-state index in [1.54, 1.807) is 12.1 Å². The minimum atomic E-state index is -2.94. The molecule has 1 saturated heterocycles. The lowest BCUT2D eigenvalue weighted by molar-refractivity contribution is -0.135. The normalized spacial score (nSPS) is 21.2. The van der Waals surface area contributed by atoms with Crippen LogP contribution in [0.3, 0.4) is 0 Å². The molecule has 1 aromatic carbocycles. The van der Waals surface area contributed by atoms with Gasteiger partial charge in [-0.25, -0.2) is 8.42 Å². The molecule has 116 valence electrons. The third-order valence-electron chi connectivity index (χ3n) is 3.73. The SMILES string of the molecule is CC(C)(C)c1ccc(OC(=O)C[C@H]2CCS(=O)(=O)C2)cc1. The lowest BCUT2D eigenvalue weighted by Crippen LogP contribution is -2.15. The van der Waals surface area contributed by atoms with Gasteiger partial charge in [-0.3, -0.25) is 4.79 Å². The molecule has 0 radical (unpaired) electrons. The molecular formula is C16H22O4S. The van der Waals surface area contributed by atoms with E-state index in [1.165, 1.54) is 5.56 Å². The Labute approximate surface area is 126 Å². The molecule has 1 aliphatic rings. The Morgan fingerprint density at radius 2 is 1.86 bits per heavy atom. The van der Waals surface area contributed by atoms with E-state index >= 15 is 0 Å². The second kappa shape index (κ2) is 5.79. The Bertz CT molecular complexity index is 609. The highest BCUT2D eigenvalue weighted by atomic mass is 32.2. The Balaban J connectivity index is 1.91. The molecule has 0 bridgehead atoms. The predicted molar refractivity (Wildman–Crippen MR) is 82.2 cm³/mol. The molecule has 0 N–H and O–H groups in total. The molecule has 5 heteroatoms. The van der Waals surface area contributed by atoms with Gasteiger partial charge in [-0.05, 0) is 35.4 Å². The summed E-state index contributed by atoms with van der Waals surface area (Å²) in [5.74, 6) is 0.335. The van der Waals surface area contributed by atoms with E-state index in [0.29, 0.717) is 12.2 Å². The number of hydrogen-bond acceptors (Lipinski definition) is 4. The largest absolute Gasteiger partial charge is 0.427 e. The van der Waals surface area contributed by atoms with Gasteiger partial charge in [0.25, 0.3) is 0 Å². The summed E-state index contributed by atoms with van der Waals surface area (Å²) < 4.78 is 28.0. The van der Waals surface area contributed by atoms with E-state index in [2.05, 4.69) is 20.8 Å². The molecular weight excluding hydrogens is 288 g/mol. The number of carbonyl (C=O) groups is 1. The molecule has 2 rings (SSSR count). The number of esters is 1. The van der Waals surface area contributed by atoms with Crippen molar-refractivity contribution in [3.63, 3.8) is 0 Å². The molecule has 1 aromatic rings. The van der Waals surface area contributed by atoms with E-state index in [-0.39, 0.29) is 35.2 Å². The second-order valence-corrected chi connectivity index (χ2v) is 8.95. The maximum atomic E-state index is 11.8. The van der Waals surface area contributed by atoms with Crippen LogP contribution >= 0.6 is 0 Å². The van der Waals surface area contributed by atoms with Crippen molar-refractivity contribution in [2.75, 3.05) is 11.5 Å². The third-order valence-corrected chi connectivity index (χ3v) is 5.57. The molecule has 4 nitrogen and oxygen atoms in total. The first kappa shape index (κ1) is 16.0. The lowest BCUT2D eigenvalue weighted by Gasteiger charge is -2.19. The number of sulfone groups is 1. The Morgan fingerprint density at radius 1 is 1.24 bits per heavy atom. The van der Waals surface area contributed by atoms with Crippen LogP contribution < -0.4 is 4.74 Å². The molecule has 0 aromatic heterocycles. The third kappa shape index (κ3) is 4.56. The van der Waals surface area contributed by atoms with Gasteiger partial charge in [-0.15, -0.1) is 0 Å². The van der Waals surface area contributed by atoms with E-state index in [0.717, 1.165) is 0 Å². The Hall–Kier alpha value is -1.36. The molecule has 0 amide bonds. The van der Waals surface area contributed by atoms with Gasteiger partial charge < -0.3 is 4.74 Å². The van der Waals surface area contributed by atoms with Gasteiger partial charge in [0.05, 0.1) is 11.5 Å². The summed E-state index contributed by atoms with van der Waals surface area (Å²) in [4.78, 5) is 11.8. The van der Waals surface area contributed by atoms with Crippen molar-refractivity contribution < 1.29 is 17.9 Å². The fraction of sp³-hybridized carbons (Fsp3) is 0.562. The first-order valence-corrected chi connectivity index (χ1v) is 8.99. The molecule has 1 fully saturated rings. The quantitative estimate of drug-likeness (QED) is 0.636. The molecule has 0 unspecified atom stereocenters. The standard InChI is InChI=1S/C16H22O4S/c1-16(2,3)13-4-6-14(7-5-13)20-15(17)10-12-8-9-21(18,19)11-12/h4-7,12H,8-11H2,1-3H3/t12-/m1/s1. The maximum absolute atomic E-state index is 11.8. The van der Waals surface area contributed by atoms with Crippen LogP contribution in [0.25, 0.3) is 0 Å². The average molecular weight is 310 g/mol. The first-order valence-electron chi connectivity index (χ1n) is 7.17. The predicted octanol–water partition coefficient (Wildman–Crippen LogP) is 2.71. The van der Waals surface area contributed by atoms with Crippen molar-refractivity contribution in [2.45, 2.75) is 39.0 Å². The molecule has 0 saturated carbocycles. The fourth-order valence-corrected chi connectivity index (χ4v) is 4.33. The number of ether oxygens (including phenoxy) is 1. The van der Waals surface area contributed by atoms with Crippen molar-refractivity contribution >= 4 is 15.8 Å². The van der Waals surface area contributed by atoms with Crippen LogP contribution in [-0.4, -0.2) is 25.9 Å². The Morgan fingerprint density at radius 3 is 2.33 bits per heavy atom. The first-order chi connectivity index (χ1) is 9.66. The summed E-state index contributed by atoms with van der Waals surface area (Å²) in [5.41, 5.74) is 1.23. The monoisotopic (exact) mass is 310 g/mol. The zero-order valence-corrected chi connectivity index (χ0v) is 13.6. The van der Waals surface area contributed by atoms with E-state index in [9.17, 15) is 13.2 Å². The molecule has 21 heavy (non-hydrogen) atoms. The van der Waals surface area contributed by atoms with Crippen LogP contribution in [0.2, 0.25) is 0 Å². The zero-order chi connectivity index (χ0) is 15.7. The topological polar surface area (TPSA) is 60.4 Å². The highest BCUT2D eigenvalue weighted by Crippen LogP contribution is 2.25. The summed E-state index contributed by atoms with van der Waals surface area (Å²) in [5, 5.41) is 0. The van der Waals surface area contributed by atoms with Crippen molar-refractivity contribution in [1.29, 1.82) is 0 Å². The van der Waals surface area contributed by atoms with Crippen molar-refractivity contribution in [3.8, 4) is 5.75 Å². The summed E-state index contributed by atoms with van der Waals surface area (Å²) in [6.07, 6.45) is 0.723. The minimum absolute atomic E-state index is 0.0563. The molecule has 0 spiro atoms. The highest BCUT2D eigenvalue weighted by Gasteiger charge is 2.30. The van der Waals surface area contributed by atoms with Gasteiger partial charge in [-0.2, -0.15) is 0 Å². The van der Waals surface area contributed by atoms with Gasteiger partial charge >= 0.3 is 5.97 Å². The van der Waals surface area contributed by atoms with Crippen molar-refractivity contribution in [3.05, 3.63) is 29.8 Å². The summed E-state index contributed by atoms with van der Waals surface area (Å²) in [7, 11) is -2.94. The van der Waals surface area contributed by atoms with Crippen LogP contribution in [0.1, 0.15) is 39.2 Å². The Kier molecular flexibility index (Phi) is 4.42. The van der Waals surface area contributed by atoms with Crippen LogP contribution in [0.4, 0.5) is 0 Å².